The first-order valence-electron chi connectivity index (χ1n) is 6.81. The molecule has 0 radical (unpaired) electrons. The number of hydrogen-bond donors (Lipinski definition) is 2. The molecule has 0 aliphatic carbocycles. The lowest BCUT2D eigenvalue weighted by Crippen LogP contribution is -2.37. The highest BCUT2D eigenvalue weighted by Gasteiger charge is 2.13. The zero-order chi connectivity index (χ0) is 17.4. The van der Waals surface area contributed by atoms with Gasteiger partial charge in [0.15, 0.2) is 0 Å². The van der Waals surface area contributed by atoms with E-state index in [1.165, 1.54) is 18.2 Å². The minimum atomic E-state index is -0.978. The summed E-state index contributed by atoms with van der Waals surface area (Å²) in [6, 6.07) is 9.34. The van der Waals surface area contributed by atoms with Crippen LogP contribution in [0.4, 0.5) is 5.69 Å². The standard InChI is InChI=1S/C15H13N5O4/c21-14(17-9-11-4-3-7-16-8-11)15(22)19-18-10-12-5-1-2-6-13(12)20(23)24/h1-8,10H,9H2,(H,17,21)(H,19,22)/b18-10-. The van der Waals surface area contributed by atoms with Gasteiger partial charge in [-0.25, -0.2) is 5.43 Å². The molecule has 0 atom stereocenters. The molecular formula is C15H13N5O4. The highest BCUT2D eigenvalue weighted by atomic mass is 16.6. The number of para-hydroxylation sites is 1. The van der Waals surface area contributed by atoms with E-state index in [-0.39, 0.29) is 17.8 Å². The number of nitrogens with zero attached hydrogens (tertiary/aromatic N) is 3. The fraction of sp³-hybridized carbons (Fsp3) is 0.0667. The van der Waals surface area contributed by atoms with Gasteiger partial charge < -0.3 is 5.32 Å². The van der Waals surface area contributed by atoms with Gasteiger partial charge in [0.1, 0.15) is 0 Å². The second-order valence-electron chi connectivity index (χ2n) is 4.56. The van der Waals surface area contributed by atoms with E-state index in [9.17, 15) is 19.7 Å². The molecule has 0 aliphatic heterocycles. The fourth-order valence-electron chi connectivity index (χ4n) is 1.74. The summed E-state index contributed by atoms with van der Waals surface area (Å²) in [6.45, 7) is 0.147. The number of benzene rings is 1. The number of nitrogens with one attached hydrogen (secondary N) is 2. The average molecular weight is 327 g/mol. The van der Waals surface area contributed by atoms with Gasteiger partial charge in [0.2, 0.25) is 0 Å². The van der Waals surface area contributed by atoms with Crippen LogP contribution in [0.3, 0.4) is 0 Å². The Hall–Kier alpha value is -3.62. The van der Waals surface area contributed by atoms with Gasteiger partial charge in [-0.3, -0.25) is 24.7 Å². The van der Waals surface area contributed by atoms with Gasteiger partial charge in [-0.1, -0.05) is 18.2 Å². The number of amides is 2. The van der Waals surface area contributed by atoms with Crippen LogP contribution in [0.25, 0.3) is 0 Å². The molecule has 2 N–H and O–H groups in total. The van der Waals surface area contributed by atoms with Crippen molar-refractivity contribution in [3.63, 3.8) is 0 Å². The summed E-state index contributed by atoms with van der Waals surface area (Å²) < 4.78 is 0. The van der Waals surface area contributed by atoms with E-state index in [1.54, 1.807) is 30.6 Å². The molecule has 0 aliphatic rings. The van der Waals surface area contributed by atoms with Gasteiger partial charge in [-0.2, -0.15) is 5.10 Å². The highest BCUT2D eigenvalue weighted by Crippen LogP contribution is 2.14. The first-order chi connectivity index (χ1) is 11.6. The third-order valence-corrected chi connectivity index (χ3v) is 2.89. The molecule has 0 saturated heterocycles. The second kappa shape index (κ2) is 8.13. The topological polar surface area (TPSA) is 127 Å². The molecule has 24 heavy (non-hydrogen) atoms. The van der Waals surface area contributed by atoms with E-state index in [0.29, 0.717) is 0 Å². The molecular weight excluding hydrogens is 314 g/mol. The van der Waals surface area contributed by atoms with Crippen molar-refractivity contribution in [3.05, 3.63) is 70.0 Å². The number of hydrogen-bond acceptors (Lipinski definition) is 6. The van der Waals surface area contributed by atoms with Gasteiger partial charge >= 0.3 is 11.8 Å². The van der Waals surface area contributed by atoms with E-state index in [4.69, 9.17) is 0 Å². The van der Waals surface area contributed by atoms with Crippen molar-refractivity contribution in [2.45, 2.75) is 6.54 Å². The number of pyridine rings is 1. The van der Waals surface area contributed by atoms with Crippen molar-refractivity contribution in [1.82, 2.24) is 15.7 Å². The van der Waals surface area contributed by atoms with Crippen molar-refractivity contribution in [2.24, 2.45) is 5.10 Å². The molecule has 2 amide bonds. The summed E-state index contributed by atoms with van der Waals surface area (Å²) in [4.78, 5) is 37.3. The van der Waals surface area contributed by atoms with Crippen LogP contribution in [0.2, 0.25) is 0 Å². The molecule has 122 valence electrons. The summed E-state index contributed by atoms with van der Waals surface area (Å²) in [6.07, 6.45) is 4.25. The fourth-order valence-corrected chi connectivity index (χ4v) is 1.74. The van der Waals surface area contributed by atoms with Crippen LogP contribution in [-0.4, -0.2) is 27.9 Å². The summed E-state index contributed by atoms with van der Waals surface area (Å²) >= 11 is 0. The van der Waals surface area contributed by atoms with E-state index in [0.717, 1.165) is 11.8 Å². The summed E-state index contributed by atoms with van der Waals surface area (Å²) in [7, 11) is 0. The molecule has 1 aromatic heterocycles. The Morgan fingerprint density at radius 1 is 1.21 bits per heavy atom. The van der Waals surface area contributed by atoms with Crippen molar-refractivity contribution in [2.75, 3.05) is 0 Å². The van der Waals surface area contributed by atoms with E-state index in [1.807, 2.05) is 5.43 Å². The van der Waals surface area contributed by atoms with Gasteiger partial charge in [-0.05, 0) is 17.7 Å². The van der Waals surface area contributed by atoms with Crippen LogP contribution in [-0.2, 0) is 16.1 Å². The van der Waals surface area contributed by atoms with Gasteiger partial charge in [0.25, 0.3) is 5.69 Å². The molecule has 0 saturated carbocycles. The smallest absolute Gasteiger partial charge is 0.329 e. The Bertz CT molecular complexity index is 776. The van der Waals surface area contributed by atoms with Crippen molar-refractivity contribution in [3.8, 4) is 0 Å². The maximum Gasteiger partial charge on any atom is 0.329 e. The van der Waals surface area contributed by atoms with Crippen LogP contribution in [0, 0.1) is 10.1 Å². The summed E-state index contributed by atoms with van der Waals surface area (Å²) in [5, 5.41) is 16.8. The van der Waals surface area contributed by atoms with Gasteiger partial charge in [0, 0.05) is 25.0 Å². The minimum Gasteiger partial charge on any atom is -0.344 e. The first-order valence-corrected chi connectivity index (χ1v) is 6.81. The van der Waals surface area contributed by atoms with Crippen LogP contribution in [0.1, 0.15) is 11.1 Å². The van der Waals surface area contributed by atoms with E-state index >= 15 is 0 Å². The molecule has 0 bridgehead atoms. The molecule has 9 heteroatoms. The number of nitro groups is 1. The van der Waals surface area contributed by atoms with Crippen LogP contribution < -0.4 is 10.7 Å². The molecule has 2 aromatic rings. The first kappa shape index (κ1) is 16.7. The number of nitro benzene ring substituents is 1. The number of rotatable bonds is 5. The summed E-state index contributed by atoms with van der Waals surface area (Å²) in [5.41, 5.74) is 2.80. The van der Waals surface area contributed by atoms with Crippen molar-refractivity contribution < 1.29 is 14.5 Å². The van der Waals surface area contributed by atoms with Gasteiger partial charge in [-0.15, -0.1) is 0 Å². The molecule has 9 nitrogen and oxygen atoms in total. The Kier molecular flexibility index (Phi) is 5.67. The van der Waals surface area contributed by atoms with Gasteiger partial charge in [0.05, 0.1) is 16.7 Å². The minimum absolute atomic E-state index is 0.147. The molecule has 1 heterocycles. The predicted octanol–water partition coefficient (Wildman–Crippen LogP) is 0.756. The Morgan fingerprint density at radius 2 is 2.00 bits per heavy atom. The second-order valence-corrected chi connectivity index (χ2v) is 4.56. The lowest BCUT2D eigenvalue weighted by atomic mass is 10.2. The highest BCUT2D eigenvalue weighted by molar-refractivity contribution is 6.35. The number of hydrazone groups is 1. The molecule has 0 fully saturated rings. The molecule has 2 rings (SSSR count). The maximum atomic E-state index is 11.6. The number of aromatic nitrogens is 1. The molecule has 0 unspecified atom stereocenters. The Labute approximate surface area is 136 Å². The van der Waals surface area contributed by atoms with E-state index in [2.05, 4.69) is 15.4 Å². The SMILES string of the molecule is O=C(NCc1cccnc1)C(=O)N/N=C\c1ccccc1[N+](=O)[O-]. The monoisotopic (exact) mass is 327 g/mol. The third-order valence-electron chi connectivity index (χ3n) is 2.89. The zero-order valence-corrected chi connectivity index (χ0v) is 12.4. The van der Waals surface area contributed by atoms with Crippen LogP contribution >= 0.6 is 0 Å². The zero-order valence-electron chi connectivity index (χ0n) is 12.4. The largest absolute Gasteiger partial charge is 0.344 e. The van der Waals surface area contributed by atoms with E-state index < -0.39 is 16.7 Å². The van der Waals surface area contributed by atoms with Crippen LogP contribution in [0.15, 0.2) is 53.9 Å². The lowest BCUT2D eigenvalue weighted by molar-refractivity contribution is -0.385. The third kappa shape index (κ3) is 4.70. The number of carbonyl (C=O) groups excluding carboxylic acids is 2. The quantitative estimate of drug-likeness (QED) is 0.363. The average Bonchev–Trinajstić information content (AvgIpc) is 2.60. The summed E-state index contributed by atoms with van der Waals surface area (Å²) in [5.74, 6) is -1.85. The normalized spacial score (nSPS) is 10.3. The Balaban J connectivity index is 1.88. The lowest BCUT2D eigenvalue weighted by Gasteiger charge is -2.03. The maximum absolute atomic E-state index is 11.6. The van der Waals surface area contributed by atoms with Crippen LogP contribution in [0.5, 0.6) is 0 Å². The Morgan fingerprint density at radius 3 is 2.71 bits per heavy atom. The van der Waals surface area contributed by atoms with Crippen molar-refractivity contribution in [1.29, 1.82) is 0 Å². The predicted molar refractivity (Wildman–Crippen MR) is 84.9 cm³/mol. The van der Waals surface area contributed by atoms with Crippen molar-refractivity contribution >= 4 is 23.7 Å². The molecule has 1 aromatic carbocycles. The number of carbonyl (C=O) groups is 2. The molecule has 0 spiro atoms.